The fourth-order valence-electron chi connectivity index (χ4n) is 1.52. The number of hydrogen-bond acceptors (Lipinski definition) is 1. The van der Waals surface area contributed by atoms with Gasteiger partial charge in [0.05, 0.1) is 0 Å². The van der Waals surface area contributed by atoms with Crippen molar-refractivity contribution in [2.75, 3.05) is 13.1 Å². The topological polar surface area (TPSA) is 3.24 Å². The number of likely N-dealkylation sites (tertiary alicyclic amines) is 1. The maximum Gasteiger partial charge on any atom is 0 e. The molecular formula is C10H19NY-2. The molecule has 0 saturated carbocycles. The smallest absolute Gasteiger partial charge is 0 e. The first-order chi connectivity index (χ1) is 5.43. The second-order valence-electron chi connectivity index (χ2n) is 3.27. The van der Waals surface area contributed by atoms with Crippen molar-refractivity contribution >= 4 is 0 Å². The molecule has 0 aromatic carbocycles. The van der Waals surface area contributed by atoms with Crippen LogP contribution >= 0.6 is 0 Å². The van der Waals surface area contributed by atoms with Crippen molar-refractivity contribution in [2.45, 2.75) is 38.5 Å². The van der Waals surface area contributed by atoms with Crippen LogP contribution in [0.5, 0.6) is 0 Å². The molecule has 69 valence electrons. The Bertz CT molecular complexity index is 89.8. The van der Waals surface area contributed by atoms with Gasteiger partial charge in [-0.25, -0.2) is 0 Å². The van der Waals surface area contributed by atoms with Crippen LogP contribution < -0.4 is 0 Å². The van der Waals surface area contributed by atoms with Gasteiger partial charge in [0.1, 0.15) is 0 Å². The van der Waals surface area contributed by atoms with Gasteiger partial charge in [0.2, 0.25) is 0 Å². The second-order valence-corrected chi connectivity index (χ2v) is 3.27. The summed E-state index contributed by atoms with van der Waals surface area (Å²) in [5, 5.41) is 0. The number of unbranched alkanes of at least 4 members (excludes halogenated alkanes) is 2. The quantitative estimate of drug-likeness (QED) is 0.541. The fourth-order valence-corrected chi connectivity index (χ4v) is 1.52. The van der Waals surface area contributed by atoms with Crippen LogP contribution in [0.25, 0.3) is 0 Å². The van der Waals surface area contributed by atoms with Crippen LogP contribution in [0, 0.1) is 13.5 Å². The third-order valence-corrected chi connectivity index (χ3v) is 2.23. The average molecular weight is 242 g/mol. The molecule has 2 heteroatoms. The number of nitrogens with zero attached hydrogens (tertiary/aromatic N) is 1. The van der Waals surface area contributed by atoms with Crippen LogP contribution in [-0.2, 0) is 32.7 Å². The first kappa shape index (κ1) is 13.1. The standard InChI is InChI=1S/C10H19N.Y/c1-2-3-5-8-11-9-6-4-7-10-11;/h8H,1-7,9-10H2;/q-2;. The van der Waals surface area contributed by atoms with Crippen molar-refractivity contribution in [3.05, 3.63) is 13.5 Å². The van der Waals surface area contributed by atoms with Gasteiger partial charge >= 0.3 is 0 Å². The molecule has 1 saturated heterocycles. The molecule has 0 bridgehead atoms. The zero-order valence-electron chi connectivity index (χ0n) is 7.97. The molecule has 1 nitrogen and oxygen atoms in total. The third kappa shape index (κ3) is 5.67. The summed E-state index contributed by atoms with van der Waals surface area (Å²) in [6.45, 7) is 8.77. The number of hydrogen-bond donors (Lipinski definition) is 0. The molecule has 1 rings (SSSR count). The largest absolute Gasteiger partial charge is 0.456 e. The minimum atomic E-state index is 0. The molecule has 0 N–H and O–H groups in total. The van der Waals surface area contributed by atoms with Gasteiger partial charge in [0, 0.05) is 32.7 Å². The minimum Gasteiger partial charge on any atom is -0.456 e. The molecule has 0 aromatic heterocycles. The van der Waals surface area contributed by atoms with Gasteiger partial charge in [-0.3, -0.25) is 6.54 Å². The van der Waals surface area contributed by atoms with E-state index in [4.69, 9.17) is 0 Å². The van der Waals surface area contributed by atoms with Crippen LogP contribution in [0.3, 0.4) is 0 Å². The van der Waals surface area contributed by atoms with E-state index < -0.39 is 0 Å². The van der Waals surface area contributed by atoms with E-state index in [1.165, 1.54) is 45.2 Å². The third-order valence-electron chi connectivity index (χ3n) is 2.23. The minimum absolute atomic E-state index is 0. The molecule has 1 fully saturated rings. The van der Waals surface area contributed by atoms with Gasteiger partial charge < -0.3 is 11.8 Å². The van der Waals surface area contributed by atoms with E-state index in [2.05, 4.69) is 18.4 Å². The molecule has 1 radical (unpaired) electrons. The molecule has 1 aliphatic rings. The van der Waals surface area contributed by atoms with Crippen LogP contribution in [0.4, 0.5) is 0 Å². The Labute approximate surface area is 102 Å². The molecule has 0 unspecified atom stereocenters. The zero-order valence-corrected chi connectivity index (χ0v) is 10.8. The van der Waals surface area contributed by atoms with E-state index in [0.717, 1.165) is 6.42 Å². The summed E-state index contributed by atoms with van der Waals surface area (Å²) >= 11 is 0. The van der Waals surface area contributed by atoms with Crippen LogP contribution in [0.2, 0.25) is 0 Å². The predicted molar refractivity (Wildman–Crippen MR) is 48.9 cm³/mol. The summed E-state index contributed by atoms with van der Waals surface area (Å²) in [4.78, 5) is 2.47. The van der Waals surface area contributed by atoms with Crippen LogP contribution in [-0.4, -0.2) is 18.0 Å². The summed E-state index contributed by atoms with van der Waals surface area (Å²) in [5.74, 6) is 0. The Hall–Kier alpha value is 1.06. The van der Waals surface area contributed by atoms with E-state index >= 15 is 0 Å². The molecule has 0 atom stereocenters. The first-order valence-corrected chi connectivity index (χ1v) is 4.80. The molecule has 1 heterocycles. The molecule has 1 aliphatic heterocycles. The molecule has 0 spiro atoms. The van der Waals surface area contributed by atoms with Gasteiger partial charge in [-0.05, 0) is 25.9 Å². The Morgan fingerprint density at radius 1 is 1.17 bits per heavy atom. The first-order valence-electron chi connectivity index (χ1n) is 4.80. The van der Waals surface area contributed by atoms with Crippen molar-refractivity contribution in [3.63, 3.8) is 0 Å². The maximum atomic E-state index is 3.83. The molecular weight excluding hydrogens is 223 g/mol. The second kappa shape index (κ2) is 8.65. The van der Waals surface area contributed by atoms with E-state index in [1.807, 2.05) is 0 Å². The van der Waals surface area contributed by atoms with E-state index in [1.54, 1.807) is 0 Å². The van der Waals surface area contributed by atoms with Crippen molar-refractivity contribution in [1.29, 1.82) is 0 Å². The van der Waals surface area contributed by atoms with Gasteiger partial charge in [0.15, 0.2) is 0 Å². The predicted octanol–water partition coefficient (Wildman–Crippen LogP) is 2.64. The Morgan fingerprint density at radius 3 is 2.42 bits per heavy atom. The summed E-state index contributed by atoms with van der Waals surface area (Å²) < 4.78 is 0. The van der Waals surface area contributed by atoms with Crippen LogP contribution in [0.1, 0.15) is 38.5 Å². The summed E-state index contributed by atoms with van der Waals surface area (Å²) in [7, 11) is 0. The van der Waals surface area contributed by atoms with Gasteiger partial charge in [0.25, 0.3) is 0 Å². The molecule has 12 heavy (non-hydrogen) atoms. The maximum absolute atomic E-state index is 3.83. The van der Waals surface area contributed by atoms with E-state index in [-0.39, 0.29) is 32.7 Å². The van der Waals surface area contributed by atoms with Crippen molar-refractivity contribution < 1.29 is 32.7 Å². The Balaban J connectivity index is 0.00000121. The zero-order chi connectivity index (χ0) is 7.94. The van der Waals surface area contributed by atoms with Crippen molar-refractivity contribution in [2.24, 2.45) is 0 Å². The Morgan fingerprint density at radius 2 is 1.83 bits per heavy atom. The molecule has 0 amide bonds. The SMILES string of the molecule is [CH2-]CCC[CH-]N1CCCCC1.[Y]. The van der Waals surface area contributed by atoms with E-state index in [0.29, 0.717) is 0 Å². The van der Waals surface area contributed by atoms with Crippen molar-refractivity contribution in [3.8, 4) is 0 Å². The fraction of sp³-hybridized carbons (Fsp3) is 0.800. The molecule has 0 aromatic rings. The van der Waals surface area contributed by atoms with Crippen molar-refractivity contribution in [1.82, 2.24) is 4.90 Å². The number of piperidine rings is 1. The Kier molecular flexibility index (Phi) is 9.42. The van der Waals surface area contributed by atoms with Gasteiger partial charge in [-0.15, -0.1) is 6.42 Å². The molecule has 0 aliphatic carbocycles. The van der Waals surface area contributed by atoms with Gasteiger partial charge in [-0.2, -0.15) is 12.8 Å². The monoisotopic (exact) mass is 242 g/mol. The van der Waals surface area contributed by atoms with Gasteiger partial charge in [-0.1, -0.05) is 6.42 Å². The van der Waals surface area contributed by atoms with E-state index in [9.17, 15) is 0 Å². The average Bonchev–Trinajstić information content (AvgIpc) is 2.07. The van der Waals surface area contributed by atoms with Crippen LogP contribution in [0.15, 0.2) is 0 Å². The number of rotatable bonds is 4. The summed E-state index contributed by atoms with van der Waals surface area (Å²) in [6, 6.07) is 0. The normalized spacial score (nSPS) is 18.8. The summed E-state index contributed by atoms with van der Waals surface area (Å²) in [6.07, 6.45) is 7.76. The summed E-state index contributed by atoms with van der Waals surface area (Å²) in [5.41, 5.74) is 0.